The second-order valence-corrected chi connectivity index (χ2v) is 5.10. The molecule has 4 nitrogen and oxygen atoms in total. The number of hydrogen-bond acceptors (Lipinski definition) is 3. The molecule has 0 unspecified atom stereocenters. The molecule has 0 bridgehead atoms. The normalized spacial score (nSPS) is 17.5. The monoisotopic (exact) mass is 268 g/mol. The van der Waals surface area contributed by atoms with E-state index in [0.717, 1.165) is 25.7 Å². The lowest BCUT2D eigenvalue weighted by atomic mass is 9.98. The van der Waals surface area contributed by atoms with Crippen molar-refractivity contribution in [2.45, 2.75) is 31.2 Å². The number of halogens is 1. The van der Waals surface area contributed by atoms with Gasteiger partial charge in [0.15, 0.2) is 0 Å². The van der Waals surface area contributed by atoms with E-state index in [1.807, 2.05) is 0 Å². The molecule has 1 amide bonds. The van der Waals surface area contributed by atoms with Gasteiger partial charge in [-0.05, 0) is 31.0 Å². The summed E-state index contributed by atoms with van der Waals surface area (Å²) < 4.78 is 5.18. The van der Waals surface area contributed by atoms with Crippen LogP contribution in [0, 0.1) is 0 Å². The van der Waals surface area contributed by atoms with Gasteiger partial charge in [-0.1, -0.05) is 24.4 Å². The molecule has 2 rings (SSSR count). The third-order valence-corrected chi connectivity index (χ3v) is 3.59. The largest absolute Gasteiger partial charge is 0.495 e. The third-order valence-electron chi connectivity index (χ3n) is 3.36. The number of carbonyl (C=O) groups excluding carboxylic acids is 1. The summed E-state index contributed by atoms with van der Waals surface area (Å²) in [6.07, 6.45) is 3.44. The molecule has 0 spiro atoms. The van der Waals surface area contributed by atoms with Gasteiger partial charge in [0.1, 0.15) is 5.75 Å². The topological polar surface area (TPSA) is 64.3 Å². The Hall–Kier alpha value is -1.26. The lowest BCUT2D eigenvalue weighted by Gasteiger charge is -2.23. The summed E-state index contributed by atoms with van der Waals surface area (Å²) in [6.45, 7) is 0. The van der Waals surface area contributed by atoms with Crippen LogP contribution in [0.15, 0.2) is 18.2 Å². The fourth-order valence-electron chi connectivity index (χ4n) is 2.26. The first-order valence-corrected chi connectivity index (χ1v) is 6.37. The fraction of sp³-hybridized carbons (Fsp3) is 0.462. The zero-order valence-electron chi connectivity index (χ0n) is 10.3. The van der Waals surface area contributed by atoms with Crippen molar-refractivity contribution in [1.82, 2.24) is 0 Å². The summed E-state index contributed by atoms with van der Waals surface area (Å²) in [5, 5.41) is 3.36. The molecule has 0 aromatic heterocycles. The summed E-state index contributed by atoms with van der Waals surface area (Å²) in [5.41, 5.74) is 5.90. The van der Waals surface area contributed by atoms with Gasteiger partial charge in [0.2, 0.25) is 5.91 Å². The van der Waals surface area contributed by atoms with Crippen LogP contribution < -0.4 is 15.8 Å². The Morgan fingerprint density at radius 3 is 2.72 bits per heavy atom. The molecule has 0 atom stereocenters. The number of carbonyl (C=O) groups is 1. The third kappa shape index (κ3) is 2.60. The summed E-state index contributed by atoms with van der Waals surface area (Å²) in [5.74, 6) is 0.412. The fourth-order valence-corrected chi connectivity index (χ4v) is 2.43. The number of nitrogens with two attached hydrogens (primary N) is 1. The van der Waals surface area contributed by atoms with E-state index in [9.17, 15) is 4.79 Å². The highest BCUT2D eigenvalue weighted by atomic mass is 35.5. The molecule has 0 radical (unpaired) electrons. The average molecular weight is 269 g/mol. The lowest BCUT2D eigenvalue weighted by Crippen LogP contribution is -2.48. The number of amides is 1. The Morgan fingerprint density at radius 1 is 1.44 bits per heavy atom. The maximum atomic E-state index is 12.2. The highest BCUT2D eigenvalue weighted by molar-refractivity contribution is 6.31. The van der Waals surface area contributed by atoms with Crippen LogP contribution in [-0.2, 0) is 4.79 Å². The van der Waals surface area contributed by atoms with Gasteiger partial charge in [-0.3, -0.25) is 4.79 Å². The molecule has 1 fully saturated rings. The van der Waals surface area contributed by atoms with Crippen molar-refractivity contribution < 1.29 is 9.53 Å². The number of rotatable bonds is 3. The van der Waals surface area contributed by atoms with E-state index in [4.69, 9.17) is 22.1 Å². The Bertz CT molecular complexity index is 456. The van der Waals surface area contributed by atoms with Gasteiger partial charge in [0.05, 0.1) is 18.3 Å². The van der Waals surface area contributed by atoms with Crippen LogP contribution in [0.5, 0.6) is 5.75 Å². The minimum Gasteiger partial charge on any atom is -0.495 e. The Balaban J connectivity index is 2.18. The van der Waals surface area contributed by atoms with Crippen LogP contribution in [0.1, 0.15) is 25.7 Å². The van der Waals surface area contributed by atoms with E-state index < -0.39 is 5.54 Å². The predicted molar refractivity (Wildman–Crippen MR) is 72.0 cm³/mol. The van der Waals surface area contributed by atoms with Crippen molar-refractivity contribution in [3.05, 3.63) is 23.2 Å². The zero-order valence-corrected chi connectivity index (χ0v) is 11.1. The molecule has 98 valence electrons. The summed E-state index contributed by atoms with van der Waals surface area (Å²) in [6, 6.07) is 5.09. The predicted octanol–water partition coefficient (Wildman–Crippen LogP) is 2.56. The molecule has 18 heavy (non-hydrogen) atoms. The van der Waals surface area contributed by atoms with Crippen molar-refractivity contribution in [3.8, 4) is 5.75 Å². The van der Waals surface area contributed by atoms with Crippen LogP contribution in [-0.4, -0.2) is 18.6 Å². The minimum atomic E-state index is -0.757. The molecule has 1 aliphatic rings. The second-order valence-electron chi connectivity index (χ2n) is 4.66. The molecular formula is C13H17ClN2O2. The Morgan fingerprint density at radius 2 is 2.11 bits per heavy atom. The summed E-state index contributed by atoms with van der Waals surface area (Å²) in [7, 11) is 1.55. The van der Waals surface area contributed by atoms with Gasteiger partial charge >= 0.3 is 0 Å². The number of methoxy groups -OCH3 is 1. The van der Waals surface area contributed by atoms with Gasteiger partial charge in [-0.15, -0.1) is 0 Å². The summed E-state index contributed by atoms with van der Waals surface area (Å²) >= 11 is 5.91. The first-order chi connectivity index (χ1) is 8.55. The van der Waals surface area contributed by atoms with Crippen LogP contribution >= 0.6 is 11.6 Å². The Kier molecular flexibility index (Phi) is 3.78. The van der Waals surface area contributed by atoms with Gasteiger partial charge in [-0.2, -0.15) is 0 Å². The smallest absolute Gasteiger partial charge is 0.244 e. The maximum absolute atomic E-state index is 12.2. The minimum absolute atomic E-state index is 0.166. The number of nitrogens with one attached hydrogen (secondary N) is 1. The first-order valence-electron chi connectivity index (χ1n) is 5.99. The van der Waals surface area contributed by atoms with Gasteiger partial charge in [0, 0.05) is 5.02 Å². The molecular weight excluding hydrogens is 252 g/mol. The molecule has 1 saturated carbocycles. The van der Waals surface area contributed by atoms with E-state index in [0.29, 0.717) is 16.5 Å². The molecule has 0 heterocycles. The highest BCUT2D eigenvalue weighted by Gasteiger charge is 2.37. The zero-order chi connectivity index (χ0) is 13.2. The molecule has 1 aromatic carbocycles. The van der Waals surface area contributed by atoms with Gasteiger partial charge in [0.25, 0.3) is 0 Å². The van der Waals surface area contributed by atoms with E-state index in [2.05, 4.69) is 5.32 Å². The molecule has 5 heteroatoms. The second kappa shape index (κ2) is 5.16. The van der Waals surface area contributed by atoms with Gasteiger partial charge in [-0.25, -0.2) is 0 Å². The van der Waals surface area contributed by atoms with Crippen molar-refractivity contribution >= 4 is 23.2 Å². The molecule has 0 saturated heterocycles. The first kappa shape index (κ1) is 13.2. The van der Waals surface area contributed by atoms with Crippen molar-refractivity contribution in [2.24, 2.45) is 5.73 Å². The quantitative estimate of drug-likeness (QED) is 0.885. The number of hydrogen-bond donors (Lipinski definition) is 2. The molecule has 1 aliphatic carbocycles. The van der Waals surface area contributed by atoms with Crippen LogP contribution in [0.25, 0.3) is 0 Å². The van der Waals surface area contributed by atoms with E-state index in [-0.39, 0.29) is 5.91 Å². The van der Waals surface area contributed by atoms with Crippen molar-refractivity contribution in [1.29, 1.82) is 0 Å². The maximum Gasteiger partial charge on any atom is 0.244 e. The molecule has 1 aromatic rings. The highest BCUT2D eigenvalue weighted by Crippen LogP contribution is 2.32. The number of ether oxygens (including phenoxy) is 1. The average Bonchev–Trinajstić information content (AvgIpc) is 2.78. The summed E-state index contributed by atoms with van der Waals surface area (Å²) in [4.78, 5) is 12.2. The van der Waals surface area contributed by atoms with E-state index in [1.165, 1.54) is 0 Å². The SMILES string of the molecule is COc1ccc(Cl)cc1NC(=O)C1(N)CCCC1. The standard InChI is InChI=1S/C13H17ClN2O2/c1-18-11-5-4-9(14)8-10(11)16-12(17)13(15)6-2-3-7-13/h4-5,8H,2-3,6-7,15H2,1H3,(H,16,17). The van der Waals surface area contributed by atoms with E-state index in [1.54, 1.807) is 25.3 Å². The number of benzene rings is 1. The van der Waals surface area contributed by atoms with Crippen molar-refractivity contribution in [2.75, 3.05) is 12.4 Å². The van der Waals surface area contributed by atoms with Crippen LogP contribution in [0.2, 0.25) is 5.02 Å². The van der Waals surface area contributed by atoms with Gasteiger partial charge < -0.3 is 15.8 Å². The van der Waals surface area contributed by atoms with Crippen LogP contribution in [0.3, 0.4) is 0 Å². The van der Waals surface area contributed by atoms with E-state index >= 15 is 0 Å². The number of anilines is 1. The molecule has 0 aliphatic heterocycles. The Labute approximate surface area is 111 Å². The van der Waals surface area contributed by atoms with Crippen LogP contribution in [0.4, 0.5) is 5.69 Å². The lowest BCUT2D eigenvalue weighted by molar-refractivity contribution is -0.121. The molecule has 3 N–H and O–H groups in total. The van der Waals surface area contributed by atoms with Crippen molar-refractivity contribution in [3.63, 3.8) is 0 Å².